The molecule has 118 valence electrons. The fraction of sp³-hybridized carbons (Fsp3) is 0.444. The van der Waals surface area contributed by atoms with E-state index in [4.69, 9.17) is 4.74 Å². The molecule has 0 aromatic heterocycles. The molecule has 0 aromatic rings. The van der Waals surface area contributed by atoms with Crippen molar-refractivity contribution >= 4 is 12.2 Å². The number of nitrogens with zero attached hydrogens (tertiary/aromatic N) is 1. The molecule has 2 aliphatic rings. The molecule has 4 nitrogen and oxygen atoms in total. The molecule has 2 aliphatic heterocycles. The third-order valence-electron chi connectivity index (χ3n) is 3.31. The minimum Gasteiger partial charge on any atom is -0.465 e. The van der Waals surface area contributed by atoms with Gasteiger partial charge in [-0.05, 0) is 23.8 Å². The van der Waals surface area contributed by atoms with Crippen LogP contribution >= 0.6 is 0 Å². The van der Waals surface area contributed by atoms with Gasteiger partial charge in [-0.1, -0.05) is 52.8 Å². The van der Waals surface area contributed by atoms with Crippen LogP contribution in [0.25, 0.3) is 0 Å². The molecule has 2 rings (SSSR count). The van der Waals surface area contributed by atoms with E-state index in [9.17, 15) is 4.79 Å². The van der Waals surface area contributed by atoms with Crippen LogP contribution in [0.3, 0.4) is 0 Å². The van der Waals surface area contributed by atoms with Crippen LogP contribution in [0.15, 0.2) is 52.1 Å². The molecule has 0 saturated carbocycles. The first-order valence-corrected chi connectivity index (χ1v) is 7.36. The third kappa shape index (κ3) is 3.75. The van der Waals surface area contributed by atoms with Crippen LogP contribution in [0, 0.1) is 10.8 Å². The molecule has 0 bridgehead atoms. The Kier molecular flexibility index (Phi) is 4.14. The van der Waals surface area contributed by atoms with Crippen LogP contribution in [0.1, 0.15) is 41.5 Å². The van der Waals surface area contributed by atoms with Gasteiger partial charge in [0.1, 0.15) is 11.5 Å². The van der Waals surface area contributed by atoms with Gasteiger partial charge < -0.3 is 9.57 Å². The summed E-state index contributed by atoms with van der Waals surface area (Å²) in [5.41, 5.74) is 1.24. The van der Waals surface area contributed by atoms with Crippen molar-refractivity contribution in [2.24, 2.45) is 16.0 Å². The Hall–Kier alpha value is -2.10. The number of hydrogen-bond donors (Lipinski definition) is 0. The fourth-order valence-corrected chi connectivity index (χ4v) is 1.89. The summed E-state index contributed by atoms with van der Waals surface area (Å²) in [5.74, 6) is 1.39. The van der Waals surface area contributed by atoms with Crippen LogP contribution in [-0.4, -0.2) is 12.2 Å². The molecule has 0 unspecified atom stereocenters. The minimum absolute atomic E-state index is 0.0925. The lowest BCUT2D eigenvalue weighted by Crippen LogP contribution is -2.21. The summed E-state index contributed by atoms with van der Waals surface area (Å²) in [6, 6.07) is 0. The predicted molar refractivity (Wildman–Crippen MR) is 86.9 cm³/mol. The van der Waals surface area contributed by atoms with Crippen LogP contribution in [0.4, 0.5) is 0 Å². The molecule has 0 N–H and O–H groups in total. The van der Waals surface area contributed by atoms with Crippen molar-refractivity contribution in [2.45, 2.75) is 41.5 Å². The number of rotatable bonds is 1. The highest BCUT2D eigenvalue weighted by Crippen LogP contribution is 2.38. The highest BCUT2D eigenvalue weighted by atomic mass is 16.7. The number of carbonyl (C=O) groups excluding carboxylic acids is 1. The van der Waals surface area contributed by atoms with Crippen molar-refractivity contribution in [3.63, 3.8) is 0 Å². The highest BCUT2D eigenvalue weighted by molar-refractivity contribution is 6.12. The van der Waals surface area contributed by atoms with Crippen molar-refractivity contribution < 1.29 is 14.4 Å². The van der Waals surface area contributed by atoms with Gasteiger partial charge in [-0.2, -0.15) is 0 Å². The van der Waals surface area contributed by atoms with Crippen molar-refractivity contribution in [3.05, 3.63) is 47.0 Å². The molecular weight excluding hydrogens is 278 g/mol. The lowest BCUT2D eigenvalue weighted by Gasteiger charge is -2.32. The van der Waals surface area contributed by atoms with Crippen LogP contribution in [0.2, 0.25) is 0 Å². The van der Waals surface area contributed by atoms with E-state index in [0.29, 0.717) is 5.57 Å². The zero-order valence-corrected chi connectivity index (χ0v) is 14.1. The van der Waals surface area contributed by atoms with Gasteiger partial charge in [-0.25, -0.2) is 4.79 Å². The van der Waals surface area contributed by atoms with Gasteiger partial charge in [0.05, 0.1) is 11.8 Å². The molecule has 0 aliphatic carbocycles. The molecule has 0 aromatic carbocycles. The fourth-order valence-electron chi connectivity index (χ4n) is 1.89. The normalized spacial score (nSPS) is 20.5. The van der Waals surface area contributed by atoms with E-state index >= 15 is 0 Å². The van der Waals surface area contributed by atoms with E-state index in [1.165, 1.54) is 6.21 Å². The van der Waals surface area contributed by atoms with Crippen LogP contribution in [-0.2, 0) is 14.4 Å². The molecule has 0 saturated heterocycles. The first-order chi connectivity index (χ1) is 10.1. The van der Waals surface area contributed by atoms with Gasteiger partial charge in [-0.3, -0.25) is 0 Å². The third-order valence-corrected chi connectivity index (χ3v) is 3.31. The molecule has 0 radical (unpaired) electrons. The number of hydrogen-bond acceptors (Lipinski definition) is 4. The first-order valence-electron chi connectivity index (χ1n) is 7.36. The van der Waals surface area contributed by atoms with E-state index in [-0.39, 0.29) is 10.8 Å². The summed E-state index contributed by atoms with van der Waals surface area (Å²) in [6.07, 6.45) is 9.02. The van der Waals surface area contributed by atoms with Crippen molar-refractivity contribution in [3.8, 4) is 0 Å². The first kappa shape index (κ1) is 16.3. The molecule has 2 heterocycles. The summed E-state index contributed by atoms with van der Waals surface area (Å²) in [6.45, 7) is 12.7. The van der Waals surface area contributed by atoms with Gasteiger partial charge in [-0.15, -0.1) is 0 Å². The molecule has 0 spiro atoms. The topological polar surface area (TPSA) is 47.9 Å². The summed E-state index contributed by atoms with van der Waals surface area (Å²) < 4.78 is 6.08. The lowest BCUT2D eigenvalue weighted by molar-refractivity contribution is -0.136. The van der Waals surface area contributed by atoms with E-state index in [0.717, 1.165) is 17.1 Å². The smallest absolute Gasteiger partial charge is 0.367 e. The largest absolute Gasteiger partial charge is 0.465 e. The predicted octanol–water partition coefficient (Wildman–Crippen LogP) is 4.27. The Morgan fingerprint density at radius 1 is 0.955 bits per heavy atom. The van der Waals surface area contributed by atoms with Crippen molar-refractivity contribution in [1.29, 1.82) is 0 Å². The zero-order chi connectivity index (χ0) is 16.5. The maximum Gasteiger partial charge on any atom is 0.367 e. The quantitative estimate of drug-likeness (QED) is 0.536. The van der Waals surface area contributed by atoms with E-state index < -0.39 is 5.97 Å². The Labute approximate surface area is 131 Å². The van der Waals surface area contributed by atoms with Crippen LogP contribution < -0.4 is 0 Å². The maximum atomic E-state index is 11.4. The van der Waals surface area contributed by atoms with Crippen molar-refractivity contribution in [2.75, 3.05) is 0 Å². The average Bonchev–Trinajstić information content (AvgIpc) is 2.79. The summed E-state index contributed by atoms with van der Waals surface area (Å²) >= 11 is 0. The second kappa shape index (κ2) is 5.59. The molecule has 22 heavy (non-hydrogen) atoms. The summed E-state index contributed by atoms with van der Waals surface area (Å²) in [5, 5.41) is 3.49. The average molecular weight is 301 g/mol. The van der Waals surface area contributed by atoms with Gasteiger partial charge in [0, 0.05) is 10.8 Å². The SMILES string of the molecule is CC(C)(C)C1=CC(=C/C=C2/C=NOC2=O)C=C(C(C)(C)C)O1. The van der Waals surface area contributed by atoms with Gasteiger partial charge in [0.2, 0.25) is 0 Å². The summed E-state index contributed by atoms with van der Waals surface area (Å²) in [7, 11) is 0. The van der Waals surface area contributed by atoms with Crippen LogP contribution in [0.5, 0.6) is 0 Å². The van der Waals surface area contributed by atoms with Gasteiger partial charge >= 0.3 is 5.97 Å². The number of allylic oxidation sites excluding steroid dienone is 7. The van der Waals surface area contributed by atoms with E-state index in [1.54, 1.807) is 6.08 Å². The number of ether oxygens (including phenoxy) is 1. The zero-order valence-electron chi connectivity index (χ0n) is 14.1. The second-order valence-corrected chi connectivity index (χ2v) is 7.52. The Bertz CT molecular complexity index is 600. The lowest BCUT2D eigenvalue weighted by atomic mass is 9.87. The molecule has 0 atom stereocenters. The maximum absolute atomic E-state index is 11.4. The second-order valence-electron chi connectivity index (χ2n) is 7.52. The standard InChI is InChI=1S/C18H23NO3/c1-17(2,3)14-9-12(10-15(21-14)18(4,5)6)7-8-13-11-19-22-16(13)20/h7-11H,1-6H3/b13-8-. The molecule has 0 amide bonds. The minimum atomic E-state index is -0.427. The Morgan fingerprint density at radius 3 is 1.91 bits per heavy atom. The summed E-state index contributed by atoms with van der Waals surface area (Å²) in [4.78, 5) is 15.9. The monoisotopic (exact) mass is 301 g/mol. The molecule has 4 heteroatoms. The molecular formula is C18H23NO3. The number of oxime groups is 1. The highest BCUT2D eigenvalue weighted by Gasteiger charge is 2.28. The Morgan fingerprint density at radius 2 is 1.50 bits per heavy atom. The van der Waals surface area contributed by atoms with Gasteiger partial charge in [0.15, 0.2) is 0 Å². The molecule has 0 fully saturated rings. The van der Waals surface area contributed by atoms with E-state index in [1.807, 2.05) is 18.2 Å². The number of carbonyl (C=O) groups is 1. The van der Waals surface area contributed by atoms with Gasteiger partial charge in [0.25, 0.3) is 0 Å². The Balaban J connectivity index is 2.40. The van der Waals surface area contributed by atoms with Crippen molar-refractivity contribution in [1.82, 2.24) is 0 Å². The van der Waals surface area contributed by atoms with E-state index in [2.05, 4.69) is 51.5 Å².